The van der Waals surface area contributed by atoms with E-state index in [0.29, 0.717) is 5.56 Å². The van der Waals surface area contributed by atoms with Crippen LogP contribution in [0.25, 0.3) is 0 Å². The fraction of sp³-hybridized carbons (Fsp3) is 0.562. The van der Waals surface area contributed by atoms with E-state index < -0.39 is 10.0 Å². The molecule has 0 saturated carbocycles. The third kappa shape index (κ3) is 6.23. The zero-order chi connectivity index (χ0) is 17.6. The molecule has 1 fully saturated rings. The lowest BCUT2D eigenvalue weighted by molar-refractivity contribution is 0.0930. The van der Waals surface area contributed by atoms with Crippen LogP contribution in [-0.4, -0.2) is 53.7 Å². The molecule has 1 saturated heterocycles. The lowest BCUT2D eigenvalue weighted by Crippen LogP contribution is -2.45. The number of aryl methyl sites for hydroxylation is 1. The molecule has 0 spiro atoms. The molecular formula is C16H26ClN3O4S. The van der Waals surface area contributed by atoms with Crippen LogP contribution in [0, 0.1) is 6.92 Å². The zero-order valence-corrected chi connectivity index (χ0v) is 16.1. The molecule has 3 N–H and O–H groups in total. The minimum atomic E-state index is -3.66. The molecule has 0 aromatic heterocycles. The first-order valence-electron chi connectivity index (χ1n) is 8.05. The number of hydrogen-bond acceptors (Lipinski definition) is 5. The van der Waals surface area contributed by atoms with E-state index >= 15 is 0 Å². The predicted octanol–water partition coefficient (Wildman–Crippen LogP) is 0.823. The van der Waals surface area contributed by atoms with Crippen LogP contribution in [0.3, 0.4) is 0 Å². The van der Waals surface area contributed by atoms with Gasteiger partial charge in [0.25, 0.3) is 5.91 Å². The number of nitrogens with one attached hydrogen (secondary N) is 3. The second-order valence-corrected chi connectivity index (χ2v) is 7.65. The van der Waals surface area contributed by atoms with Gasteiger partial charge in [-0.15, -0.1) is 12.4 Å². The van der Waals surface area contributed by atoms with Gasteiger partial charge in [0, 0.05) is 31.8 Å². The van der Waals surface area contributed by atoms with Crippen molar-refractivity contribution in [3.8, 4) is 0 Å². The van der Waals surface area contributed by atoms with Gasteiger partial charge >= 0.3 is 0 Å². The van der Waals surface area contributed by atoms with Gasteiger partial charge in [0.15, 0.2) is 0 Å². The summed E-state index contributed by atoms with van der Waals surface area (Å²) in [5, 5.41) is 6.21. The Bertz CT molecular complexity index is 676. The summed E-state index contributed by atoms with van der Waals surface area (Å²) < 4.78 is 31.8. The molecule has 0 bridgehead atoms. The van der Waals surface area contributed by atoms with Gasteiger partial charge in [-0.05, 0) is 44.0 Å². The number of methoxy groups -OCH3 is 1. The number of ether oxygens (including phenoxy) is 1. The third-order valence-electron chi connectivity index (χ3n) is 3.99. The monoisotopic (exact) mass is 391 g/mol. The Hall–Kier alpha value is -1.19. The summed E-state index contributed by atoms with van der Waals surface area (Å²) in [7, 11) is -2.16. The van der Waals surface area contributed by atoms with E-state index in [1.54, 1.807) is 13.0 Å². The molecule has 0 unspecified atom stereocenters. The highest BCUT2D eigenvalue weighted by molar-refractivity contribution is 7.89. The lowest BCUT2D eigenvalue weighted by Gasteiger charge is -2.24. The predicted molar refractivity (Wildman–Crippen MR) is 98.8 cm³/mol. The molecule has 1 aromatic rings. The van der Waals surface area contributed by atoms with Crippen LogP contribution in [-0.2, 0) is 14.8 Å². The number of carbonyl (C=O) groups excluding carboxylic acids is 1. The summed E-state index contributed by atoms with van der Waals surface area (Å²) in [5.41, 5.74) is 1.13. The quantitative estimate of drug-likeness (QED) is 0.598. The summed E-state index contributed by atoms with van der Waals surface area (Å²) in [5.74, 6) is -0.241. The van der Waals surface area contributed by atoms with Crippen molar-refractivity contribution < 1.29 is 17.9 Å². The first-order valence-corrected chi connectivity index (χ1v) is 9.53. The maximum absolute atomic E-state index is 12.5. The van der Waals surface area contributed by atoms with Crippen molar-refractivity contribution in [2.75, 3.05) is 33.4 Å². The van der Waals surface area contributed by atoms with Crippen molar-refractivity contribution >= 4 is 28.3 Å². The highest BCUT2D eigenvalue weighted by Crippen LogP contribution is 2.16. The molecule has 1 amide bonds. The van der Waals surface area contributed by atoms with Crippen molar-refractivity contribution in [3.05, 3.63) is 29.3 Å². The Kier molecular flexibility index (Phi) is 8.81. The fourth-order valence-corrected chi connectivity index (χ4v) is 3.65. The Labute approximate surface area is 155 Å². The van der Waals surface area contributed by atoms with Gasteiger partial charge in [-0.1, -0.05) is 6.07 Å². The average Bonchev–Trinajstić information content (AvgIpc) is 2.56. The Morgan fingerprint density at radius 3 is 2.80 bits per heavy atom. The minimum absolute atomic E-state index is 0. The number of rotatable bonds is 7. The number of benzene rings is 1. The van der Waals surface area contributed by atoms with Crippen LogP contribution in [0.1, 0.15) is 28.8 Å². The smallest absolute Gasteiger partial charge is 0.251 e. The molecule has 1 aliphatic rings. The van der Waals surface area contributed by atoms with Gasteiger partial charge < -0.3 is 15.4 Å². The summed E-state index contributed by atoms with van der Waals surface area (Å²) in [4.78, 5) is 12.6. The Balaban J connectivity index is 0.00000312. The molecule has 1 aliphatic heterocycles. The summed E-state index contributed by atoms with van der Waals surface area (Å²) in [6, 6.07) is 4.66. The van der Waals surface area contributed by atoms with Crippen LogP contribution in [0.2, 0.25) is 0 Å². The third-order valence-corrected chi connectivity index (χ3v) is 5.45. The second kappa shape index (κ2) is 10.1. The van der Waals surface area contributed by atoms with Gasteiger partial charge in [0.1, 0.15) is 0 Å². The lowest BCUT2D eigenvalue weighted by atomic mass is 10.1. The van der Waals surface area contributed by atoms with Gasteiger partial charge in [-0.2, -0.15) is 0 Å². The van der Waals surface area contributed by atoms with Crippen LogP contribution in [0.15, 0.2) is 23.1 Å². The van der Waals surface area contributed by atoms with Crippen molar-refractivity contribution in [2.24, 2.45) is 0 Å². The summed E-state index contributed by atoms with van der Waals surface area (Å²) >= 11 is 0. The fourth-order valence-electron chi connectivity index (χ4n) is 2.61. The Morgan fingerprint density at radius 2 is 2.16 bits per heavy atom. The average molecular weight is 392 g/mol. The molecule has 0 aliphatic carbocycles. The van der Waals surface area contributed by atoms with E-state index in [4.69, 9.17) is 4.74 Å². The summed E-state index contributed by atoms with van der Waals surface area (Å²) in [6.07, 6.45) is 1.94. The molecule has 2 rings (SSSR count). The minimum Gasteiger partial charge on any atom is -0.383 e. The first kappa shape index (κ1) is 21.9. The first-order chi connectivity index (χ1) is 11.4. The van der Waals surface area contributed by atoms with E-state index in [9.17, 15) is 13.2 Å². The summed E-state index contributed by atoms with van der Waals surface area (Å²) in [6.45, 7) is 3.96. The standard InChI is InChI=1S/C16H25N3O4S.ClH/c1-12-5-6-14(24(21,22)18-8-9-23-2)10-15(12)16(20)19-13-4-3-7-17-11-13;/h5-6,10,13,17-18H,3-4,7-9,11H2,1-2H3,(H,19,20);1H/t13-;/m0./s1. The van der Waals surface area contributed by atoms with E-state index in [0.717, 1.165) is 31.5 Å². The molecule has 1 atom stereocenters. The molecule has 1 aromatic carbocycles. The zero-order valence-electron chi connectivity index (χ0n) is 14.5. The van der Waals surface area contributed by atoms with Gasteiger partial charge in [-0.3, -0.25) is 4.79 Å². The normalized spacial score (nSPS) is 17.6. The largest absolute Gasteiger partial charge is 0.383 e. The highest BCUT2D eigenvalue weighted by atomic mass is 35.5. The number of piperidine rings is 1. The van der Waals surface area contributed by atoms with Crippen molar-refractivity contribution in [3.63, 3.8) is 0 Å². The molecule has 1 heterocycles. The van der Waals surface area contributed by atoms with E-state index in [1.165, 1.54) is 19.2 Å². The number of sulfonamides is 1. The van der Waals surface area contributed by atoms with Crippen LogP contribution in [0.4, 0.5) is 0 Å². The number of halogens is 1. The Morgan fingerprint density at radius 1 is 1.40 bits per heavy atom. The topological polar surface area (TPSA) is 96.5 Å². The van der Waals surface area contributed by atoms with Gasteiger partial charge in [0.2, 0.25) is 10.0 Å². The second-order valence-electron chi connectivity index (χ2n) is 5.88. The van der Waals surface area contributed by atoms with Gasteiger partial charge in [-0.25, -0.2) is 13.1 Å². The van der Waals surface area contributed by atoms with E-state index in [-0.39, 0.29) is 42.4 Å². The van der Waals surface area contributed by atoms with Crippen molar-refractivity contribution in [1.29, 1.82) is 0 Å². The molecule has 142 valence electrons. The molecule has 25 heavy (non-hydrogen) atoms. The SMILES string of the molecule is COCCNS(=O)(=O)c1ccc(C)c(C(=O)N[C@H]2CCCNC2)c1.Cl. The highest BCUT2D eigenvalue weighted by Gasteiger charge is 2.20. The van der Waals surface area contributed by atoms with Crippen LogP contribution >= 0.6 is 12.4 Å². The number of carbonyl (C=O) groups is 1. The molecule has 0 radical (unpaired) electrons. The molecular weight excluding hydrogens is 366 g/mol. The van der Waals surface area contributed by atoms with Crippen LogP contribution in [0.5, 0.6) is 0 Å². The van der Waals surface area contributed by atoms with Gasteiger partial charge in [0.05, 0.1) is 11.5 Å². The van der Waals surface area contributed by atoms with E-state index in [2.05, 4.69) is 15.4 Å². The number of hydrogen-bond donors (Lipinski definition) is 3. The number of amides is 1. The van der Waals surface area contributed by atoms with E-state index in [1.807, 2.05) is 0 Å². The molecule has 9 heteroatoms. The van der Waals surface area contributed by atoms with Crippen molar-refractivity contribution in [2.45, 2.75) is 30.7 Å². The maximum atomic E-state index is 12.5. The van der Waals surface area contributed by atoms with Crippen molar-refractivity contribution in [1.82, 2.24) is 15.4 Å². The molecule has 7 nitrogen and oxygen atoms in total. The van der Waals surface area contributed by atoms with Crippen LogP contribution < -0.4 is 15.4 Å². The maximum Gasteiger partial charge on any atom is 0.251 e.